The van der Waals surface area contributed by atoms with Gasteiger partial charge in [-0.1, -0.05) is 19.4 Å². The number of carboxylic acids is 1. The van der Waals surface area contributed by atoms with Gasteiger partial charge in [0.2, 0.25) is 0 Å². The molecule has 1 aromatic rings. The largest absolute Gasteiger partial charge is 0.494 e. The van der Waals surface area contributed by atoms with Crippen molar-refractivity contribution >= 4 is 17.7 Å². The molecule has 0 aliphatic carbocycles. The first kappa shape index (κ1) is 16.1. The van der Waals surface area contributed by atoms with E-state index in [1.54, 1.807) is 12.1 Å². The van der Waals surface area contributed by atoms with E-state index in [1.165, 1.54) is 4.90 Å². The maximum Gasteiger partial charge on any atom is 0.321 e. The predicted octanol–water partition coefficient (Wildman–Crippen LogP) is 2.80. The van der Waals surface area contributed by atoms with Gasteiger partial charge in [0, 0.05) is 24.8 Å². The standard InChI is InChI=1S/C16H22N2O4/c1-2-3-9-22-14-6-4-5-13(10-14)17-16(21)18-8-7-12(11-18)15(19)20/h4-6,10,12H,2-3,7-9,11H2,1H3,(H,17,21)(H,19,20). The van der Waals surface area contributed by atoms with Crippen molar-refractivity contribution in [1.82, 2.24) is 4.90 Å². The summed E-state index contributed by atoms with van der Waals surface area (Å²) in [6.45, 7) is 3.48. The predicted molar refractivity (Wildman–Crippen MR) is 83.2 cm³/mol. The van der Waals surface area contributed by atoms with Crippen molar-refractivity contribution < 1.29 is 19.4 Å². The maximum absolute atomic E-state index is 12.1. The van der Waals surface area contributed by atoms with Gasteiger partial charge in [-0.15, -0.1) is 0 Å². The summed E-state index contributed by atoms with van der Waals surface area (Å²) in [5.41, 5.74) is 0.651. The Morgan fingerprint density at radius 3 is 2.95 bits per heavy atom. The van der Waals surface area contributed by atoms with Crippen molar-refractivity contribution in [2.24, 2.45) is 5.92 Å². The lowest BCUT2D eigenvalue weighted by Gasteiger charge is -2.17. The molecule has 1 fully saturated rings. The molecule has 1 aliphatic heterocycles. The third kappa shape index (κ3) is 4.38. The normalized spacial score (nSPS) is 17.3. The number of unbranched alkanes of at least 4 members (excludes halogenated alkanes) is 1. The Labute approximate surface area is 130 Å². The van der Waals surface area contributed by atoms with Crippen LogP contribution in [0.25, 0.3) is 0 Å². The number of hydrogen-bond donors (Lipinski definition) is 2. The summed E-state index contributed by atoms with van der Waals surface area (Å²) in [7, 11) is 0. The molecular weight excluding hydrogens is 284 g/mol. The number of carbonyl (C=O) groups excluding carboxylic acids is 1. The van der Waals surface area contributed by atoms with E-state index in [0.29, 0.717) is 25.3 Å². The van der Waals surface area contributed by atoms with Crippen LogP contribution < -0.4 is 10.1 Å². The summed E-state index contributed by atoms with van der Waals surface area (Å²) in [5, 5.41) is 11.8. The maximum atomic E-state index is 12.1. The molecule has 6 nitrogen and oxygen atoms in total. The summed E-state index contributed by atoms with van der Waals surface area (Å²) in [4.78, 5) is 24.6. The van der Waals surface area contributed by atoms with E-state index in [1.807, 2.05) is 12.1 Å². The molecule has 1 unspecified atom stereocenters. The van der Waals surface area contributed by atoms with E-state index in [2.05, 4.69) is 12.2 Å². The first-order valence-electron chi connectivity index (χ1n) is 7.61. The molecule has 2 amide bonds. The number of aliphatic carboxylic acids is 1. The first-order chi connectivity index (χ1) is 10.6. The van der Waals surface area contributed by atoms with Crippen LogP contribution in [0.3, 0.4) is 0 Å². The van der Waals surface area contributed by atoms with Crippen molar-refractivity contribution in [2.45, 2.75) is 26.2 Å². The van der Waals surface area contributed by atoms with E-state index in [0.717, 1.165) is 18.6 Å². The molecule has 1 heterocycles. The van der Waals surface area contributed by atoms with Crippen LogP contribution >= 0.6 is 0 Å². The van der Waals surface area contributed by atoms with Crippen LogP contribution in [0.4, 0.5) is 10.5 Å². The minimum absolute atomic E-state index is 0.258. The molecule has 0 saturated carbocycles. The zero-order chi connectivity index (χ0) is 15.9. The van der Waals surface area contributed by atoms with Crippen molar-refractivity contribution in [2.75, 3.05) is 25.0 Å². The Morgan fingerprint density at radius 1 is 1.45 bits per heavy atom. The van der Waals surface area contributed by atoms with Crippen molar-refractivity contribution in [3.63, 3.8) is 0 Å². The van der Waals surface area contributed by atoms with Gasteiger partial charge < -0.3 is 20.1 Å². The molecule has 6 heteroatoms. The number of benzene rings is 1. The molecule has 1 atom stereocenters. The topological polar surface area (TPSA) is 78.9 Å². The van der Waals surface area contributed by atoms with E-state index in [9.17, 15) is 9.59 Å². The quantitative estimate of drug-likeness (QED) is 0.792. The van der Waals surface area contributed by atoms with E-state index in [-0.39, 0.29) is 12.6 Å². The SMILES string of the molecule is CCCCOc1cccc(NC(=O)N2CCC(C(=O)O)C2)c1. The zero-order valence-electron chi connectivity index (χ0n) is 12.7. The number of carbonyl (C=O) groups is 2. The third-order valence-corrected chi connectivity index (χ3v) is 3.68. The van der Waals surface area contributed by atoms with Crippen LogP contribution in [0.5, 0.6) is 5.75 Å². The highest BCUT2D eigenvalue weighted by Crippen LogP contribution is 2.20. The average Bonchev–Trinajstić information content (AvgIpc) is 2.98. The van der Waals surface area contributed by atoms with Gasteiger partial charge in [0.05, 0.1) is 12.5 Å². The number of anilines is 1. The fourth-order valence-electron chi connectivity index (χ4n) is 2.35. The van der Waals surface area contributed by atoms with Gasteiger partial charge in [-0.2, -0.15) is 0 Å². The smallest absolute Gasteiger partial charge is 0.321 e. The highest BCUT2D eigenvalue weighted by atomic mass is 16.5. The van der Waals surface area contributed by atoms with E-state index in [4.69, 9.17) is 9.84 Å². The fraction of sp³-hybridized carbons (Fsp3) is 0.500. The molecule has 0 radical (unpaired) electrons. The molecule has 1 saturated heterocycles. The summed E-state index contributed by atoms with van der Waals surface area (Å²) in [5.74, 6) is -0.591. The van der Waals surface area contributed by atoms with Crippen LogP contribution in [0.1, 0.15) is 26.2 Å². The number of urea groups is 1. The molecular formula is C16H22N2O4. The Morgan fingerprint density at radius 2 is 2.27 bits per heavy atom. The molecule has 120 valence electrons. The van der Waals surface area contributed by atoms with Crippen molar-refractivity contribution in [1.29, 1.82) is 0 Å². The lowest BCUT2D eigenvalue weighted by molar-refractivity contribution is -0.141. The van der Waals surface area contributed by atoms with Gasteiger partial charge in [0.1, 0.15) is 5.75 Å². The zero-order valence-corrected chi connectivity index (χ0v) is 12.7. The number of nitrogens with one attached hydrogen (secondary N) is 1. The second kappa shape index (κ2) is 7.68. The number of nitrogens with zero attached hydrogens (tertiary/aromatic N) is 1. The van der Waals surface area contributed by atoms with Gasteiger partial charge in [-0.05, 0) is 25.0 Å². The van der Waals surface area contributed by atoms with Crippen LogP contribution in [-0.4, -0.2) is 41.7 Å². The van der Waals surface area contributed by atoms with E-state index < -0.39 is 11.9 Å². The van der Waals surface area contributed by atoms with E-state index >= 15 is 0 Å². The highest BCUT2D eigenvalue weighted by Gasteiger charge is 2.30. The molecule has 2 N–H and O–H groups in total. The van der Waals surface area contributed by atoms with Crippen molar-refractivity contribution in [3.05, 3.63) is 24.3 Å². The molecule has 0 bridgehead atoms. The Bertz CT molecular complexity index is 533. The Kier molecular flexibility index (Phi) is 5.63. The van der Waals surface area contributed by atoms with Crippen LogP contribution in [0.2, 0.25) is 0 Å². The second-order valence-electron chi connectivity index (χ2n) is 5.43. The van der Waals surface area contributed by atoms with Crippen molar-refractivity contribution in [3.8, 4) is 5.75 Å². The fourth-order valence-corrected chi connectivity index (χ4v) is 2.35. The minimum Gasteiger partial charge on any atom is -0.494 e. The van der Waals surface area contributed by atoms with Crippen LogP contribution in [0, 0.1) is 5.92 Å². The molecule has 2 rings (SSSR count). The molecule has 22 heavy (non-hydrogen) atoms. The van der Waals surface area contributed by atoms with Crippen LogP contribution in [-0.2, 0) is 4.79 Å². The third-order valence-electron chi connectivity index (χ3n) is 3.68. The van der Waals surface area contributed by atoms with Gasteiger partial charge in [0.15, 0.2) is 0 Å². The number of rotatable bonds is 6. The molecule has 1 aliphatic rings. The number of hydrogen-bond acceptors (Lipinski definition) is 3. The first-order valence-corrected chi connectivity index (χ1v) is 7.61. The number of amides is 2. The molecule has 1 aromatic carbocycles. The van der Waals surface area contributed by atoms with Crippen LogP contribution in [0.15, 0.2) is 24.3 Å². The highest BCUT2D eigenvalue weighted by molar-refractivity contribution is 5.90. The molecule has 0 aromatic heterocycles. The van der Waals surface area contributed by atoms with Gasteiger partial charge in [-0.25, -0.2) is 4.79 Å². The van der Waals surface area contributed by atoms with Gasteiger partial charge in [-0.3, -0.25) is 4.79 Å². The Balaban J connectivity index is 1.89. The van der Waals surface area contributed by atoms with Gasteiger partial charge >= 0.3 is 12.0 Å². The average molecular weight is 306 g/mol. The molecule has 0 spiro atoms. The minimum atomic E-state index is -0.846. The summed E-state index contributed by atoms with van der Waals surface area (Å²) >= 11 is 0. The van der Waals surface area contributed by atoms with Gasteiger partial charge in [0.25, 0.3) is 0 Å². The lowest BCUT2D eigenvalue weighted by atomic mass is 10.1. The lowest BCUT2D eigenvalue weighted by Crippen LogP contribution is -2.33. The Hall–Kier alpha value is -2.24. The summed E-state index contributed by atoms with van der Waals surface area (Å²) < 4.78 is 5.60. The number of carboxylic acid groups (broad SMARTS) is 1. The summed E-state index contributed by atoms with van der Waals surface area (Å²) in [6, 6.07) is 6.96. The summed E-state index contributed by atoms with van der Waals surface area (Å²) in [6.07, 6.45) is 2.56. The number of ether oxygens (including phenoxy) is 1. The number of likely N-dealkylation sites (tertiary alicyclic amines) is 1. The monoisotopic (exact) mass is 306 g/mol. The second-order valence-corrected chi connectivity index (χ2v) is 5.43.